The molecule has 0 saturated heterocycles. The Morgan fingerprint density at radius 1 is 1.22 bits per heavy atom. The Morgan fingerprint density at radius 2 is 1.96 bits per heavy atom. The third kappa shape index (κ3) is 4.36. The largest absolute Gasteiger partial charge is 0.478 e. The zero-order valence-corrected chi connectivity index (χ0v) is 16.9. The van der Waals surface area contributed by atoms with E-state index in [9.17, 15) is 13.2 Å². The van der Waals surface area contributed by atoms with Crippen LogP contribution in [0.2, 0.25) is 5.02 Å². The number of anilines is 2. The van der Waals surface area contributed by atoms with Crippen LogP contribution in [-0.4, -0.2) is 33.2 Å². The van der Waals surface area contributed by atoms with Crippen molar-refractivity contribution in [3.8, 4) is 5.75 Å². The number of carbonyl (C=O) groups excluding carboxylic acids is 1. The van der Waals surface area contributed by atoms with Gasteiger partial charge in [0.05, 0.1) is 11.9 Å². The van der Waals surface area contributed by atoms with Crippen molar-refractivity contribution in [3.05, 3.63) is 52.5 Å². The molecule has 0 saturated carbocycles. The first-order valence-corrected chi connectivity index (χ1v) is 10.7. The smallest absolute Gasteiger partial charge is 0.265 e. The van der Waals surface area contributed by atoms with Crippen LogP contribution < -0.4 is 14.4 Å². The van der Waals surface area contributed by atoms with E-state index in [4.69, 9.17) is 16.3 Å². The van der Waals surface area contributed by atoms with Crippen LogP contribution >= 0.6 is 11.6 Å². The summed E-state index contributed by atoms with van der Waals surface area (Å²) < 4.78 is 31.4. The minimum Gasteiger partial charge on any atom is -0.478 e. The number of rotatable bonds is 3. The van der Waals surface area contributed by atoms with E-state index in [0.717, 1.165) is 17.4 Å². The summed E-state index contributed by atoms with van der Waals surface area (Å²) in [5.41, 5.74) is 3.09. The number of nitrogens with one attached hydrogen (secondary N) is 1. The highest BCUT2D eigenvalue weighted by Gasteiger charge is 2.31. The Labute approximate surface area is 164 Å². The Balaban J connectivity index is 1.88. The molecule has 0 spiro atoms. The first-order valence-electron chi connectivity index (χ1n) is 8.47. The zero-order chi connectivity index (χ0) is 19.8. The number of amides is 1. The van der Waals surface area contributed by atoms with Gasteiger partial charge in [0.1, 0.15) is 5.75 Å². The van der Waals surface area contributed by atoms with E-state index >= 15 is 0 Å². The molecule has 1 N–H and O–H groups in total. The molecule has 0 bridgehead atoms. The van der Waals surface area contributed by atoms with Crippen LogP contribution in [-0.2, 0) is 14.8 Å². The number of hydrogen-bond donors (Lipinski definition) is 1. The summed E-state index contributed by atoms with van der Waals surface area (Å²) in [5.74, 6) is -0.0127. The van der Waals surface area contributed by atoms with E-state index in [1.807, 2.05) is 32.0 Å². The fraction of sp³-hybridized carbons (Fsp3) is 0.316. The molecule has 1 amide bonds. The summed E-state index contributed by atoms with van der Waals surface area (Å²) in [6.07, 6.45) is 0.515. The second-order valence-corrected chi connectivity index (χ2v) is 8.99. The molecular weight excluding hydrogens is 388 g/mol. The number of halogens is 1. The van der Waals surface area contributed by atoms with Crippen LogP contribution in [0.3, 0.4) is 0 Å². The van der Waals surface area contributed by atoms with Gasteiger partial charge in [0.25, 0.3) is 5.91 Å². The monoisotopic (exact) mass is 408 g/mol. The molecule has 1 aliphatic rings. The minimum atomic E-state index is -3.54. The van der Waals surface area contributed by atoms with Gasteiger partial charge in [-0.25, -0.2) is 8.42 Å². The standard InChI is InChI=1S/C19H21ClN2O4S/c1-12-4-6-15(13(2)10-12)21-19(23)18-8-9-22(27(3,24)25)16-11-14(20)5-7-17(16)26-18/h4-7,10-11,18H,8-9H2,1-3H3,(H,21,23)/t18-/m1/s1. The van der Waals surface area contributed by atoms with Crippen LogP contribution in [0.1, 0.15) is 17.5 Å². The van der Waals surface area contributed by atoms with E-state index in [2.05, 4.69) is 5.32 Å². The highest BCUT2D eigenvalue weighted by atomic mass is 35.5. The van der Waals surface area contributed by atoms with Gasteiger partial charge >= 0.3 is 0 Å². The van der Waals surface area contributed by atoms with E-state index in [-0.39, 0.29) is 18.9 Å². The molecule has 144 valence electrons. The van der Waals surface area contributed by atoms with E-state index < -0.39 is 16.1 Å². The molecule has 0 aliphatic carbocycles. The van der Waals surface area contributed by atoms with Crippen LogP contribution in [0.5, 0.6) is 5.75 Å². The second-order valence-electron chi connectivity index (χ2n) is 6.65. The molecule has 0 aromatic heterocycles. The van der Waals surface area contributed by atoms with Gasteiger partial charge in [0, 0.05) is 23.7 Å². The molecular formula is C19H21ClN2O4S. The van der Waals surface area contributed by atoms with Crippen molar-refractivity contribution >= 4 is 38.9 Å². The van der Waals surface area contributed by atoms with Crippen LogP contribution in [0, 0.1) is 13.8 Å². The fourth-order valence-electron chi connectivity index (χ4n) is 3.05. The molecule has 0 unspecified atom stereocenters. The highest BCUT2D eigenvalue weighted by molar-refractivity contribution is 7.92. The number of fused-ring (bicyclic) bond motifs is 1. The number of sulfonamides is 1. The summed E-state index contributed by atoms with van der Waals surface area (Å²) >= 11 is 6.03. The van der Waals surface area contributed by atoms with E-state index in [1.54, 1.807) is 12.1 Å². The van der Waals surface area contributed by atoms with Crippen molar-refractivity contribution < 1.29 is 17.9 Å². The molecule has 27 heavy (non-hydrogen) atoms. The lowest BCUT2D eigenvalue weighted by molar-refractivity contribution is -0.122. The van der Waals surface area contributed by atoms with Gasteiger partial charge in [0.15, 0.2) is 6.10 Å². The molecule has 1 heterocycles. The maximum Gasteiger partial charge on any atom is 0.265 e. The average Bonchev–Trinajstić information content (AvgIpc) is 2.76. The van der Waals surface area contributed by atoms with Crippen molar-refractivity contribution in [2.75, 3.05) is 22.4 Å². The second kappa shape index (κ2) is 7.40. The molecule has 2 aromatic carbocycles. The molecule has 2 aromatic rings. The third-order valence-corrected chi connectivity index (χ3v) is 5.80. The molecule has 6 nitrogen and oxygen atoms in total. The Bertz CT molecular complexity index is 991. The van der Waals surface area contributed by atoms with Crippen molar-refractivity contribution in [3.63, 3.8) is 0 Å². The molecule has 1 aliphatic heterocycles. The molecule has 0 fully saturated rings. The van der Waals surface area contributed by atoms with Gasteiger partial charge in [-0.2, -0.15) is 0 Å². The third-order valence-electron chi connectivity index (χ3n) is 4.39. The Kier molecular flexibility index (Phi) is 5.35. The Morgan fingerprint density at radius 3 is 2.63 bits per heavy atom. The average molecular weight is 409 g/mol. The first kappa shape index (κ1) is 19.5. The van der Waals surface area contributed by atoms with Gasteiger partial charge in [0.2, 0.25) is 10.0 Å². The molecule has 0 radical (unpaired) electrons. The first-order chi connectivity index (χ1) is 12.6. The summed E-state index contributed by atoms with van der Waals surface area (Å²) in [6, 6.07) is 10.5. The summed E-state index contributed by atoms with van der Waals surface area (Å²) in [5, 5.41) is 3.27. The van der Waals surface area contributed by atoms with Crippen molar-refractivity contribution in [2.45, 2.75) is 26.4 Å². The number of nitrogens with zero attached hydrogens (tertiary/aromatic N) is 1. The van der Waals surface area contributed by atoms with Gasteiger partial charge < -0.3 is 10.1 Å². The fourth-order valence-corrected chi connectivity index (χ4v) is 4.15. The predicted molar refractivity (Wildman–Crippen MR) is 107 cm³/mol. The van der Waals surface area contributed by atoms with Crippen molar-refractivity contribution in [1.29, 1.82) is 0 Å². The number of aryl methyl sites for hydroxylation is 2. The van der Waals surface area contributed by atoms with Gasteiger partial charge in [-0.3, -0.25) is 9.10 Å². The normalized spacial score (nSPS) is 16.9. The number of benzene rings is 2. The quantitative estimate of drug-likeness (QED) is 0.843. The van der Waals surface area contributed by atoms with Crippen LogP contribution in [0.25, 0.3) is 0 Å². The predicted octanol–water partition coefficient (Wildman–Crippen LogP) is 3.51. The van der Waals surface area contributed by atoms with E-state index in [0.29, 0.717) is 22.1 Å². The summed E-state index contributed by atoms with van der Waals surface area (Å²) in [6.45, 7) is 4.02. The van der Waals surface area contributed by atoms with Gasteiger partial charge in [-0.1, -0.05) is 29.3 Å². The minimum absolute atomic E-state index is 0.122. The van der Waals surface area contributed by atoms with E-state index in [1.165, 1.54) is 10.4 Å². The number of hydrogen-bond acceptors (Lipinski definition) is 4. The molecule has 3 rings (SSSR count). The lowest BCUT2D eigenvalue weighted by atomic mass is 10.1. The maximum atomic E-state index is 12.8. The van der Waals surface area contributed by atoms with Crippen molar-refractivity contribution in [2.24, 2.45) is 0 Å². The van der Waals surface area contributed by atoms with Crippen LogP contribution in [0.4, 0.5) is 11.4 Å². The topological polar surface area (TPSA) is 75.7 Å². The summed E-state index contributed by atoms with van der Waals surface area (Å²) in [4.78, 5) is 12.8. The highest BCUT2D eigenvalue weighted by Crippen LogP contribution is 2.36. The van der Waals surface area contributed by atoms with Crippen LogP contribution in [0.15, 0.2) is 36.4 Å². The Hall–Kier alpha value is -2.25. The van der Waals surface area contributed by atoms with Crippen molar-refractivity contribution in [1.82, 2.24) is 0 Å². The zero-order valence-electron chi connectivity index (χ0n) is 15.3. The van der Waals surface area contributed by atoms with Gasteiger partial charge in [-0.05, 0) is 43.7 Å². The SMILES string of the molecule is Cc1ccc(NC(=O)[C@H]2CCN(S(C)(=O)=O)c3cc(Cl)ccc3O2)c(C)c1. The summed E-state index contributed by atoms with van der Waals surface area (Å²) in [7, 11) is -3.54. The van der Waals surface area contributed by atoms with Gasteiger partial charge in [-0.15, -0.1) is 0 Å². The number of ether oxygens (including phenoxy) is 1. The number of carbonyl (C=O) groups is 1. The molecule has 1 atom stereocenters. The lowest BCUT2D eigenvalue weighted by Crippen LogP contribution is -2.36. The molecule has 8 heteroatoms. The lowest BCUT2D eigenvalue weighted by Gasteiger charge is -2.21. The maximum absolute atomic E-state index is 12.8.